The Kier molecular flexibility index (Phi) is 6.54. The number of nitrogens with zero attached hydrogens (tertiary/aromatic N) is 4. The Morgan fingerprint density at radius 2 is 1.76 bits per heavy atom. The van der Waals surface area contributed by atoms with E-state index in [9.17, 15) is 4.79 Å². The summed E-state index contributed by atoms with van der Waals surface area (Å²) in [5, 5.41) is 3.30. The lowest BCUT2D eigenvalue weighted by atomic mass is 10.1. The zero-order valence-electron chi connectivity index (χ0n) is 18.7. The molecule has 7 nitrogen and oxygen atoms in total. The van der Waals surface area contributed by atoms with Gasteiger partial charge in [0.05, 0.1) is 35.5 Å². The van der Waals surface area contributed by atoms with Gasteiger partial charge in [-0.05, 0) is 55.3 Å². The molecule has 0 aliphatic carbocycles. The normalized spacial score (nSPS) is 15.1. The van der Waals surface area contributed by atoms with Gasteiger partial charge in [0.15, 0.2) is 0 Å². The number of anilines is 2. The van der Waals surface area contributed by atoms with Crippen LogP contribution in [0.2, 0.25) is 0 Å². The maximum absolute atomic E-state index is 13.5. The van der Waals surface area contributed by atoms with Gasteiger partial charge in [0.1, 0.15) is 6.61 Å². The van der Waals surface area contributed by atoms with E-state index in [4.69, 9.17) is 4.74 Å². The zero-order chi connectivity index (χ0) is 23.2. The van der Waals surface area contributed by atoms with Crippen molar-refractivity contribution in [1.82, 2.24) is 20.3 Å². The molecular weight excluding hydrogens is 426 g/mol. The van der Waals surface area contributed by atoms with Crippen molar-refractivity contribution in [2.75, 3.05) is 11.4 Å². The van der Waals surface area contributed by atoms with Crippen LogP contribution in [0.15, 0.2) is 91.5 Å². The summed E-state index contributed by atoms with van der Waals surface area (Å²) in [6.07, 6.45) is 8.67. The molecule has 0 radical (unpaired) electrons. The van der Waals surface area contributed by atoms with Crippen molar-refractivity contribution in [2.24, 2.45) is 0 Å². The lowest BCUT2D eigenvalue weighted by Gasteiger charge is -2.25. The number of pyridine rings is 3. The van der Waals surface area contributed by atoms with E-state index in [2.05, 4.69) is 20.3 Å². The number of aromatic nitrogens is 3. The molecule has 34 heavy (non-hydrogen) atoms. The number of nitrogens with one attached hydrogen (secondary N) is 1. The van der Waals surface area contributed by atoms with Crippen molar-refractivity contribution in [3.8, 4) is 17.1 Å². The second-order valence-corrected chi connectivity index (χ2v) is 8.09. The molecule has 4 heterocycles. The highest BCUT2D eigenvalue weighted by Crippen LogP contribution is 2.29. The zero-order valence-corrected chi connectivity index (χ0v) is 18.7. The van der Waals surface area contributed by atoms with Gasteiger partial charge in [-0.15, -0.1) is 0 Å². The molecule has 0 spiro atoms. The highest BCUT2D eigenvalue weighted by atomic mass is 16.5. The number of ether oxygens (including phenoxy) is 1. The number of amides is 1. The van der Waals surface area contributed by atoms with Crippen LogP contribution in [0.25, 0.3) is 11.3 Å². The molecule has 0 bridgehead atoms. The molecule has 0 unspecified atom stereocenters. The average Bonchev–Trinajstić information content (AvgIpc) is 3.45. The van der Waals surface area contributed by atoms with Crippen LogP contribution in [-0.4, -0.2) is 33.4 Å². The molecule has 4 aromatic rings. The summed E-state index contributed by atoms with van der Waals surface area (Å²) in [6, 6.07) is 21.0. The molecule has 5 rings (SSSR count). The predicted molar refractivity (Wildman–Crippen MR) is 131 cm³/mol. The topological polar surface area (TPSA) is 80.2 Å². The van der Waals surface area contributed by atoms with Crippen molar-refractivity contribution >= 4 is 17.3 Å². The van der Waals surface area contributed by atoms with Crippen LogP contribution in [0, 0.1) is 0 Å². The highest BCUT2D eigenvalue weighted by molar-refractivity contribution is 6.03. The fraction of sp³-hybridized carbons (Fsp3) is 0.185. The van der Waals surface area contributed by atoms with Crippen molar-refractivity contribution in [1.29, 1.82) is 0 Å². The highest BCUT2D eigenvalue weighted by Gasteiger charge is 2.29. The van der Waals surface area contributed by atoms with Gasteiger partial charge in [-0.2, -0.15) is 0 Å². The first-order chi connectivity index (χ1) is 16.8. The summed E-state index contributed by atoms with van der Waals surface area (Å²) in [7, 11) is 0. The van der Waals surface area contributed by atoms with Crippen molar-refractivity contribution in [2.45, 2.75) is 25.5 Å². The maximum Gasteiger partial charge on any atom is 0.248 e. The van der Waals surface area contributed by atoms with Gasteiger partial charge in [-0.25, -0.2) is 4.98 Å². The van der Waals surface area contributed by atoms with Gasteiger partial charge in [-0.3, -0.25) is 19.7 Å². The van der Waals surface area contributed by atoms with Crippen LogP contribution in [0.3, 0.4) is 0 Å². The van der Waals surface area contributed by atoms with Crippen molar-refractivity contribution < 1.29 is 9.53 Å². The fourth-order valence-corrected chi connectivity index (χ4v) is 3.98. The van der Waals surface area contributed by atoms with E-state index in [0.29, 0.717) is 23.9 Å². The first-order valence-electron chi connectivity index (χ1n) is 11.3. The SMILES string of the molecule is O=C([C@@H]1CCCN1)N(c1ccc(OCc2ccccc2)nc1)c1ccc(-c2cccnc2)nc1. The van der Waals surface area contributed by atoms with Gasteiger partial charge < -0.3 is 10.1 Å². The Morgan fingerprint density at radius 1 is 0.941 bits per heavy atom. The molecular formula is C27H25N5O2. The molecule has 0 saturated carbocycles. The molecule has 170 valence electrons. The summed E-state index contributed by atoms with van der Waals surface area (Å²) in [6.45, 7) is 1.27. The van der Waals surface area contributed by atoms with Crippen LogP contribution in [0.4, 0.5) is 11.4 Å². The molecule has 1 atom stereocenters. The van der Waals surface area contributed by atoms with Crippen LogP contribution < -0.4 is 15.0 Å². The fourth-order valence-electron chi connectivity index (χ4n) is 3.98. The Hall–Kier alpha value is -4.10. The monoisotopic (exact) mass is 451 g/mol. The quantitative estimate of drug-likeness (QED) is 0.445. The summed E-state index contributed by atoms with van der Waals surface area (Å²) in [5.41, 5.74) is 4.14. The van der Waals surface area contributed by atoms with E-state index in [0.717, 1.165) is 36.2 Å². The van der Waals surface area contributed by atoms with Crippen molar-refractivity contribution in [3.05, 3.63) is 97.1 Å². The Bertz CT molecular complexity index is 1210. The lowest BCUT2D eigenvalue weighted by Crippen LogP contribution is -2.41. The number of hydrogen-bond donors (Lipinski definition) is 1. The summed E-state index contributed by atoms with van der Waals surface area (Å²) < 4.78 is 5.81. The predicted octanol–water partition coefficient (Wildman–Crippen LogP) is 4.53. The van der Waals surface area contributed by atoms with Gasteiger partial charge in [-0.1, -0.05) is 30.3 Å². The third kappa shape index (κ3) is 4.94. The second kappa shape index (κ2) is 10.2. The van der Waals surface area contributed by atoms with Gasteiger partial charge >= 0.3 is 0 Å². The molecule has 3 aromatic heterocycles. The Labute approximate surface area is 198 Å². The minimum absolute atomic E-state index is 0.0202. The molecule has 1 aliphatic rings. The van der Waals surface area contributed by atoms with Gasteiger partial charge in [0, 0.05) is 24.0 Å². The van der Waals surface area contributed by atoms with E-state index in [1.54, 1.807) is 35.8 Å². The number of carbonyl (C=O) groups is 1. The first kappa shape index (κ1) is 21.7. The number of rotatable bonds is 7. The smallest absolute Gasteiger partial charge is 0.248 e. The summed E-state index contributed by atoms with van der Waals surface area (Å²) in [5.74, 6) is 0.484. The first-order valence-corrected chi connectivity index (χ1v) is 11.3. The number of hydrogen-bond acceptors (Lipinski definition) is 6. The summed E-state index contributed by atoms with van der Waals surface area (Å²) >= 11 is 0. The van der Waals surface area contributed by atoms with Crippen LogP contribution in [0.5, 0.6) is 5.88 Å². The number of carbonyl (C=O) groups excluding carboxylic acids is 1. The molecule has 1 N–H and O–H groups in total. The van der Waals surface area contributed by atoms with E-state index in [-0.39, 0.29) is 11.9 Å². The van der Waals surface area contributed by atoms with E-state index in [1.165, 1.54) is 0 Å². The van der Waals surface area contributed by atoms with Crippen LogP contribution >= 0.6 is 0 Å². The second-order valence-electron chi connectivity index (χ2n) is 8.09. The molecule has 1 fully saturated rings. The number of benzene rings is 1. The lowest BCUT2D eigenvalue weighted by molar-refractivity contribution is -0.119. The van der Waals surface area contributed by atoms with Gasteiger partial charge in [0.25, 0.3) is 0 Å². The Balaban J connectivity index is 1.39. The molecule has 7 heteroatoms. The van der Waals surface area contributed by atoms with E-state index in [1.807, 2.05) is 60.7 Å². The minimum Gasteiger partial charge on any atom is -0.473 e. The van der Waals surface area contributed by atoms with E-state index < -0.39 is 0 Å². The minimum atomic E-state index is -0.230. The third-order valence-electron chi connectivity index (χ3n) is 5.75. The third-order valence-corrected chi connectivity index (χ3v) is 5.75. The van der Waals surface area contributed by atoms with E-state index >= 15 is 0 Å². The maximum atomic E-state index is 13.5. The standard InChI is InChI=1S/C27H25N5O2/c33-27(25-9-5-15-29-25)32(22-10-12-24(30-17-22)21-8-4-14-28-16-21)23-11-13-26(31-18-23)34-19-20-6-2-1-3-7-20/h1-4,6-8,10-14,16-18,25,29H,5,9,15,19H2/t25-/m0/s1. The van der Waals surface area contributed by atoms with Gasteiger partial charge in [0.2, 0.25) is 11.8 Å². The van der Waals surface area contributed by atoms with Crippen molar-refractivity contribution in [3.63, 3.8) is 0 Å². The molecule has 1 saturated heterocycles. The Morgan fingerprint density at radius 3 is 2.41 bits per heavy atom. The molecule has 1 aromatic carbocycles. The summed E-state index contributed by atoms with van der Waals surface area (Å²) in [4.78, 5) is 28.3. The van der Waals surface area contributed by atoms with Crippen LogP contribution in [-0.2, 0) is 11.4 Å². The van der Waals surface area contributed by atoms with Crippen LogP contribution in [0.1, 0.15) is 18.4 Å². The molecule has 1 amide bonds. The average molecular weight is 452 g/mol. The molecule has 1 aliphatic heterocycles. The largest absolute Gasteiger partial charge is 0.473 e.